The highest BCUT2D eigenvalue weighted by Crippen LogP contribution is 2.23. The van der Waals surface area contributed by atoms with Gasteiger partial charge in [-0.3, -0.25) is 14.4 Å². The summed E-state index contributed by atoms with van der Waals surface area (Å²) in [5.41, 5.74) is 2.35. The minimum Gasteiger partial charge on any atom is -0.342 e. The molecule has 1 aromatic heterocycles. The molecule has 1 N–H and O–H groups in total. The van der Waals surface area contributed by atoms with Crippen molar-refractivity contribution >= 4 is 45.8 Å². The summed E-state index contributed by atoms with van der Waals surface area (Å²) in [7, 11) is 0. The molecule has 0 atom stereocenters. The quantitative estimate of drug-likeness (QED) is 0.348. The molecule has 2 aromatic carbocycles. The summed E-state index contributed by atoms with van der Waals surface area (Å²) in [6.07, 6.45) is 3.26. The van der Waals surface area contributed by atoms with E-state index in [9.17, 15) is 14.4 Å². The molecular formula is C30H35ClN4O3S. The molecule has 0 aliphatic carbocycles. The largest absolute Gasteiger partial charge is 0.342 e. The zero-order valence-electron chi connectivity index (χ0n) is 22.4. The predicted octanol–water partition coefficient (Wildman–Crippen LogP) is 5.56. The zero-order valence-corrected chi connectivity index (χ0v) is 24.0. The lowest BCUT2D eigenvalue weighted by Crippen LogP contribution is -2.40. The molecule has 1 saturated heterocycles. The van der Waals surface area contributed by atoms with Crippen LogP contribution in [-0.2, 0) is 22.4 Å². The summed E-state index contributed by atoms with van der Waals surface area (Å²) in [5.74, 6) is 0.193. The van der Waals surface area contributed by atoms with E-state index in [-0.39, 0.29) is 36.6 Å². The maximum Gasteiger partial charge on any atom is 0.255 e. The van der Waals surface area contributed by atoms with Crippen LogP contribution in [0.4, 0.5) is 5.13 Å². The fourth-order valence-electron chi connectivity index (χ4n) is 4.84. The number of nitrogens with one attached hydrogen (secondary N) is 1. The Hall–Kier alpha value is -3.23. The fourth-order valence-corrected chi connectivity index (χ4v) is 5.79. The highest BCUT2D eigenvalue weighted by atomic mass is 35.5. The molecule has 39 heavy (non-hydrogen) atoms. The van der Waals surface area contributed by atoms with E-state index in [0.29, 0.717) is 33.9 Å². The number of aromatic nitrogens is 1. The lowest BCUT2D eigenvalue weighted by molar-refractivity contribution is -0.131. The Morgan fingerprint density at radius 1 is 1.08 bits per heavy atom. The third-order valence-corrected chi connectivity index (χ3v) is 7.91. The molecule has 0 bridgehead atoms. The number of nitrogens with zero attached hydrogens (tertiary/aromatic N) is 3. The van der Waals surface area contributed by atoms with Crippen LogP contribution in [0.3, 0.4) is 0 Å². The van der Waals surface area contributed by atoms with Gasteiger partial charge in [-0.25, -0.2) is 4.98 Å². The van der Waals surface area contributed by atoms with E-state index in [2.05, 4.69) is 34.6 Å². The molecule has 3 aromatic rings. The Morgan fingerprint density at radius 2 is 1.77 bits per heavy atom. The number of rotatable bonds is 10. The van der Waals surface area contributed by atoms with E-state index in [0.717, 1.165) is 32.4 Å². The van der Waals surface area contributed by atoms with E-state index in [1.165, 1.54) is 21.8 Å². The van der Waals surface area contributed by atoms with Crippen molar-refractivity contribution < 1.29 is 14.4 Å². The zero-order chi connectivity index (χ0) is 27.8. The van der Waals surface area contributed by atoms with Crippen LogP contribution in [0.5, 0.6) is 0 Å². The van der Waals surface area contributed by atoms with Crippen LogP contribution in [0.15, 0.2) is 60.0 Å². The van der Waals surface area contributed by atoms with Crippen molar-refractivity contribution in [2.75, 3.05) is 31.5 Å². The van der Waals surface area contributed by atoms with Crippen molar-refractivity contribution in [3.8, 4) is 0 Å². The second-order valence-corrected chi connectivity index (χ2v) is 11.7. The summed E-state index contributed by atoms with van der Waals surface area (Å²) < 4.78 is 0. The number of piperidine rings is 1. The van der Waals surface area contributed by atoms with Crippen molar-refractivity contribution in [2.24, 2.45) is 11.8 Å². The molecule has 0 radical (unpaired) electrons. The number of benzene rings is 2. The number of likely N-dealkylation sites (tertiary alicyclic amines) is 1. The molecule has 206 valence electrons. The Labute approximate surface area is 239 Å². The van der Waals surface area contributed by atoms with Gasteiger partial charge in [0.05, 0.1) is 22.7 Å². The molecule has 1 aliphatic heterocycles. The Kier molecular flexibility index (Phi) is 10.1. The third-order valence-electron chi connectivity index (χ3n) is 6.78. The summed E-state index contributed by atoms with van der Waals surface area (Å²) in [6, 6.07) is 17.3. The molecule has 4 rings (SSSR count). The first-order valence-electron chi connectivity index (χ1n) is 13.4. The first kappa shape index (κ1) is 28.8. The van der Waals surface area contributed by atoms with Gasteiger partial charge in [0, 0.05) is 25.0 Å². The lowest BCUT2D eigenvalue weighted by Gasteiger charge is -2.32. The summed E-state index contributed by atoms with van der Waals surface area (Å²) >= 11 is 7.50. The molecule has 2 heterocycles. The van der Waals surface area contributed by atoms with Gasteiger partial charge in [-0.1, -0.05) is 67.9 Å². The Bertz CT molecular complexity index is 1270. The Balaban J connectivity index is 1.27. The van der Waals surface area contributed by atoms with E-state index in [1.807, 2.05) is 24.8 Å². The maximum absolute atomic E-state index is 13.1. The van der Waals surface area contributed by atoms with Crippen molar-refractivity contribution in [1.29, 1.82) is 0 Å². The van der Waals surface area contributed by atoms with Gasteiger partial charge < -0.3 is 15.1 Å². The van der Waals surface area contributed by atoms with E-state index >= 15 is 0 Å². The predicted molar refractivity (Wildman–Crippen MR) is 156 cm³/mol. The van der Waals surface area contributed by atoms with Crippen molar-refractivity contribution in [3.05, 3.63) is 81.8 Å². The topological polar surface area (TPSA) is 82.6 Å². The smallest absolute Gasteiger partial charge is 0.255 e. The number of hydrogen-bond donors (Lipinski definition) is 1. The average molecular weight is 567 g/mol. The van der Waals surface area contributed by atoms with Crippen LogP contribution >= 0.6 is 22.9 Å². The highest BCUT2D eigenvalue weighted by molar-refractivity contribution is 7.13. The van der Waals surface area contributed by atoms with E-state index < -0.39 is 0 Å². The standard InChI is InChI=1S/C30H35ClN4O3S/c1-21(2)18-35(29(38)25-10-6-7-11-26(25)31)19-27(36)33-30-32-24(20-39-30)17-28(37)34-14-12-23(13-15-34)16-22-8-4-3-5-9-22/h3-11,20-21,23H,12-19H2,1-2H3,(H,32,33,36). The molecule has 0 spiro atoms. The molecule has 0 unspecified atom stereocenters. The van der Waals surface area contributed by atoms with Crippen LogP contribution < -0.4 is 5.32 Å². The number of anilines is 1. The van der Waals surface area contributed by atoms with Gasteiger partial charge in [0.2, 0.25) is 11.8 Å². The molecule has 3 amide bonds. The number of thiazole rings is 1. The molecule has 7 nitrogen and oxygen atoms in total. The number of halogens is 1. The normalized spacial score (nSPS) is 13.9. The number of hydrogen-bond acceptors (Lipinski definition) is 5. The monoisotopic (exact) mass is 566 g/mol. The van der Waals surface area contributed by atoms with Crippen molar-refractivity contribution in [1.82, 2.24) is 14.8 Å². The molecule has 1 fully saturated rings. The Morgan fingerprint density at radius 3 is 2.46 bits per heavy atom. The van der Waals surface area contributed by atoms with Crippen LogP contribution in [0.1, 0.15) is 48.3 Å². The maximum atomic E-state index is 13.1. The van der Waals surface area contributed by atoms with Crippen LogP contribution in [0, 0.1) is 11.8 Å². The molecular weight excluding hydrogens is 532 g/mol. The lowest BCUT2D eigenvalue weighted by atomic mass is 9.90. The van der Waals surface area contributed by atoms with Gasteiger partial charge in [0.25, 0.3) is 5.91 Å². The van der Waals surface area contributed by atoms with E-state index in [4.69, 9.17) is 11.6 Å². The van der Waals surface area contributed by atoms with Gasteiger partial charge in [0.1, 0.15) is 6.54 Å². The second-order valence-electron chi connectivity index (χ2n) is 10.4. The fraction of sp³-hybridized carbons (Fsp3) is 0.400. The minimum absolute atomic E-state index is 0.0600. The molecule has 0 saturated carbocycles. The number of carbonyl (C=O) groups excluding carboxylic acids is 3. The summed E-state index contributed by atoms with van der Waals surface area (Å²) in [4.78, 5) is 46.7. The van der Waals surface area contributed by atoms with Crippen LogP contribution in [-0.4, -0.2) is 58.7 Å². The van der Waals surface area contributed by atoms with Crippen LogP contribution in [0.2, 0.25) is 5.02 Å². The number of carbonyl (C=O) groups is 3. The van der Waals surface area contributed by atoms with Gasteiger partial charge >= 0.3 is 0 Å². The average Bonchev–Trinajstić information content (AvgIpc) is 3.35. The van der Waals surface area contributed by atoms with Crippen LogP contribution in [0.25, 0.3) is 0 Å². The molecule has 9 heteroatoms. The van der Waals surface area contributed by atoms with Gasteiger partial charge in [-0.15, -0.1) is 11.3 Å². The van der Waals surface area contributed by atoms with Crippen molar-refractivity contribution in [2.45, 2.75) is 39.5 Å². The van der Waals surface area contributed by atoms with Gasteiger partial charge in [-0.2, -0.15) is 0 Å². The van der Waals surface area contributed by atoms with Crippen molar-refractivity contribution in [3.63, 3.8) is 0 Å². The van der Waals surface area contributed by atoms with Gasteiger partial charge in [-0.05, 0) is 48.8 Å². The highest BCUT2D eigenvalue weighted by Gasteiger charge is 2.25. The first-order valence-corrected chi connectivity index (χ1v) is 14.6. The van der Waals surface area contributed by atoms with Gasteiger partial charge in [0.15, 0.2) is 5.13 Å². The van der Waals surface area contributed by atoms with E-state index in [1.54, 1.807) is 29.6 Å². The molecule has 1 aliphatic rings. The summed E-state index contributed by atoms with van der Waals surface area (Å²) in [5, 5.41) is 5.36. The third kappa shape index (κ3) is 8.38. The minimum atomic E-state index is -0.344. The first-order chi connectivity index (χ1) is 18.8. The number of amides is 3. The second kappa shape index (κ2) is 13.7. The SMILES string of the molecule is CC(C)CN(CC(=O)Nc1nc(CC(=O)N2CCC(Cc3ccccc3)CC2)cs1)C(=O)c1ccccc1Cl. The summed E-state index contributed by atoms with van der Waals surface area (Å²) in [6.45, 7) is 5.79.